The maximum atomic E-state index is 13.6. The molecule has 3 N–H and O–H groups in total. The van der Waals surface area contributed by atoms with Crippen LogP contribution < -0.4 is 11.1 Å². The number of carbonyl (C=O) groups is 1. The Bertz CT molecular complexity index is 660. The van der Waals surface area contributed by atoms with Crippen LogP contribution in [0.5, 0.6) is 0 Å². The molecule has 0 aliphatic carbocycles. The van der Waals surface area contributed by atoms with Gasteiger partial charge in [0.1, 0.15) is 5.82 Å². The second kappa shape index (κ2) is 6.59. The zero-order valence-electron chi connectivity index (χ0n) is 11.6. The fraction of sp³-hybridized carbons (Fsp3) is 0.188. The minimum absolute atomic E-state index is 0.0532. The Balaban J connectivity index is 2.12. The Morgan fingerprint density at radius 3 is 2.71 bits per heavy atom. The molecule has 0 aliphatic heterocycles. The predicted octanol–water partition coefficient (Wildman–Crippen LogP) is 3.62. The molecule has 0 heterocycles. The quantitative estimate of drug-likeness (QED) is 0.886. The fourth-order valence-electron chi connectivity index (χ4n) is 2.10. The first-order valence-corrected chi connectivity index (χ1v) is 6.94. The molecule has 0 radical (unpaired) electrons. The molecule has 2 aromatic rings. The first-order chi connectivity index (χ1) is 9.97. The number of benzene rings is 2. The highest BCUT2D eigenvalue weighted by molar-refractivity contribution is 6.33. The molecule has 0 spiro atoms. The molecule has 110 valence electrons. The molecule has 0 bridgehead atoms. The first kappa shape index (κ1) is 15.3. The molecule has 0 saturated carbocycles. The van der Waals surface area contributed by atoms with Crippen LogP contribution in [0.3, 0.4) is 0 Å². The number of primary amides is 1. The third kappa shape index (κ3) is 3.95. The minimum atomic E-state index is -0.517. The van der Waals surface area contributed by atoms with Gasteiger partial charge in [-0.2, -0.15) is 0 Å². The van der Waals surface area contributed by atoms with Crippen molar-refractivity contribution in [2.24, 2.45) is 5.73 Å². The van der Waals surface area contributed by atoms with E-state index in [1.165, 1.54) is 6.07 Å². The number of nitrogens with two attached hydrogens (primary N) is 1. The van der Waals surface area contributed by atoms with Crippen LogP contribution in [-0.4, -0.2) is 11.9 Å². The van der Waals surface area contributed by atoms with E-state index in [4.69, 9.17) is 17.3 Å². The summed E-state index contributed by atoms with van der Waals surface area (Å²) in [5.41, 5.74) is 6.86. The van der Waals surface area contributed by atoms with Gasteiger partial charge >= 0.3 is 0 Å². The molecule has 3 nitrogen and oxygen atoms in total. The van der Waals surface area contributed by atoms with Crippen molar-refractivity contribution >= 4 is 23.2 Å². The third-order valence-electron chi connectivity index (χ3n) is 3.14. The van der Waals surface area contributed by atoms with Crippen molar-refractivity contribution in [3.05, 3.63) is 64.4 Å². The lowest BCUT2D eigenvalue weighted by molar-refractivity contribution is 0.100. The molecular formula is C16H16ClFN2O. The number of carbonyl (C=O) groups excluding carboxylic acids is 1. The van der Waals surface area contributed by atoms with Crippen LogP contribution in [0, 0.1) is 5.82 Å². The average molecular weight is 307 g/mol. The van der Waals surface area contributed by atoms with Gasteiger partial charge in [0.05, 0.1) is 10.7 Å². The van der Waals surface area contributed by atoms with E-state index in [1.54, 1.807) is 36.4 Å². The van der Waals surface area contributed by atoms with E-state index in [0.29, 0.717) is 28.3 Å². The smallest absolute Gasteiger partial charge is 0.248 e. The van der Waals surface area contributed by atoms with Gasteiger partial charge in [0, 0.05) is 11.6 Å². The van der Waals surface area contributed by atoms with Crippen LogP contribution in [0.15, 0.2) is 42.5 Å². The third-order valence-corrected chi connectivity index (χ3v) is 3.47. The Morgan fingerprint density at radius 1 is 1.33 bits per heavy atom. The maximum Gasteiger partial charge on any atom is 0.248 e. The molecule has 2 aromatic carbocycles. The van der Waals surface area contributed by atoms with Crippen molar-refractivity contribution in [2.75, 3.05) is 5.32 Å². The predicted molar refractivity (Wildman–Crippen MR) is 83.2 cm³/mol. The van der Waals surface area contributed by atoms with Crippen LogP contribution in [0.2, 0.25) is 5.02 Å². The number of hydrogen-bond donors (Lipinski definition) is 2. The molecule has 21 heavy (non-hydrogen) atoms. The fourth-order valence-corrected chi connectivity index (χ4v) is 2.27. The van der Waals surface area contributed by atoms with Crippen LogP contribution >= 0.6 is 11.6 Å². The minimum Gasteiger partial charge on any atom is -0.381 e. The van der Waals surface area contributed by atoms with E-state index in [1.807, 2.05) is 6.92 Å². The highest BCUT2D eigenvalue weighted by Gasteiger charge is 2.11. The summed E-state index contributed by atoms with van der Waals surface area (Å²) in [7, 11) is 0. The van der Waals surface area contributed by atoms with Crippen molar-refractivity contribution < 1.29 is 9.18 Å². The summed E-state index contributed by atoms with van der Waals surface area (Å²) in [5, 5.41) is 3.66. The van der Waals surface area contributed by atoms with Gasteiger partial charge in [-0.05, 0) is 43.2 Å². The van der Waals surface area contributed by atoms with Crippen LogP contribution in [0.4, 0.5) is 10.1 Å². The van der Waals surface area contributed by atoms with Gasteiger partial charge in [-0.15, -0.1) is 0 Å². The normalized spacial score (nSPS) is 12.0. The number of rotatable bonds is 5. The molecule has 1 amide bonds. The summed E-state index contributed by atoms with van der Waals surface area (Å²) in [6, 6.07) is 11.4. The monoisotopic (exact) mass is 306 g/mol. The number of amides is 1. The largest absolute Gasteiger partial charge is 0.381 e. The van der Waals surface area contributed by atoms with Gasteiger partial charge < -0.3 is 11.1 Å². The van der Waals surface area contributed by atoms with Crippen molar-refractivity contribution in [2.45, 2.75) is 19.4 Å². The topological polar surface area (TPSA) is 55.1 Å². The van der Waals surface area contributed by atoms with E-state index in [-0.39, 0.29) is 11.9 Å². The highest BCUT2D eigenvalue weighted by atomic mass is 35.5. The van der Waals surface area contributed by atoms with E-state index < -0.39 is 5.91 Å². The van der Waals surface area contributed by atoms with E-state index in [0.717, 1.165) is 0 Å². The Kier molecular flexibility index (Phi) is 4.81. The lowest BCUT2D eigenvalue weighted by Gasteiger charge is -2.17. The van der Waals surface area contributed by atoms with Gasteiger partial charge in [0.25, 0.3) is 0 Å². The summed E-state index contributed by atoms with van der Waals surface area (Å²) in [4.78, 5) is 11.2. The number of nitrogens with one attached hydrogen (secondary N) is 1. The molecule has 0 saturated heterocycles. The Morgan fingerprint density at radius 2 is 2.05 bits per heavy atom. The van der Waals surface area contributed by atoms with Crippen LogP contribution in [0.25, 0.3) is 0 Å². The molecular weight excluding hydrogens is 291 g/mol. The second-order valence-corrected chi connectivity index (χ2v) is 5.31. The number of halogens is 2. The summed E-state index contributed by atoms with van der Waals surface area (Å²) >= 11 is 6.09. The summed E-state index contributed by atoms with van der Waals surface area (Å²) in [6.07, 6.45) is 0.504. The number of hydrogen-bond acceptors (Lipinski definition) is 2. The van der Waals surface area contributed by atoms with E-state index >= 15 is 0 Å². The molecule has 1 atom stereocenters. The summed E-state index contributed by atoms with van der Waals surface area (Å²) in [6.45, 7) is 1.92. The highest BCUT2D eigenvalue weighted by Crippen LogP contribution is 2.24. The van der Waals surface area contributed by atoms with Crippen LogP contribution in [-0.2, 0) is 6.42 Å². The van der Waals surface area contributed by atoms with Crippen molar-refractivity contribution in [3.8, 4) is 0 Å². The molecule has 0 aromatic heterocycles. The molecule has 1 unspecified atom stereocenters. The Hall–Kier alpha value is -2.07. The van der Waals surface area contributed by atoms with Crippen molar-refractivity contribution in [1.29, 1.82) is 0 Å². The number of anilines is 1. The lowest BCUT2D eigenvalue weighted by atomic mass is 10.1. The second-order valence-electron chi connectivity index (χ2n) is 4.90. The maximum absolute atomic E-state index is 13.6. The first-order valence-electron chi connectivity index (χ1n) is 6.56. The Labute approximate surface area is 127 Å². The van der Waals surface area contributed by atoms with Gasteiger partial charge in [0.15, 0.2) is 0 Å². The molecule has 0 fully saturated rings. The van der Waals surface area contributed by atoms with E-state index in [9.17, 15) is 9.18 Å². The van der Waals surface area contributed by atoms with Gasteiger partial charge in [-0.1, -0.05) is 29.8 Å². The van der Waals surface area contributed by atoms with Gasteiger partial charge in [-0.25, -0.2) is 4.39 Å². The van der Waals surface area contributed by atoms with E-state index in [2.05, 4.69) is 5.32 Å². The standard InChI is InChI=1S/C16H16ClFN2O/c1-10(8-11-4-2-3-5-14(11)18)20-15-9-12(16(19)21)6-7-13(15)17/h2-7,9-10,20H,8H2,1H3,(H2,19,21). The SMILES string of the molecule is CC(Cc1ccccc1F)Nc1cc(C(N)=O)ccc1Cl. The van der Waals surface area contributed by atoms with Crippen molar-refractivity contribution in [1.82, 2.24) is 0 Å². The molecule has 2 rings (SSSR count). The van der Waals surface area contributed by atoms with Crippen LogP contribution in [0.1, 0.15) is 22.8 Å². The lowest BCUT2D eigenvalue weighted by Crippen LogP contribution is -2.19. The zero-order valence-corrected chi connectivity index (χ0v) is 12.3. The summed E-state index contributed by atoms with van der Waals surface area (Å²) in [5.74, 6) is -0.750. The average Bonchev–Trinajstić information content (AvgIpc) is 2.43. The van der Waals surface area contributed by atoms with Crippen molar-refractivity contribution in [3.63, 3.8) is 0 Å². The molecule has 0 aliphatic rings. The summed E-state index contributed by atoms with van der Waals surface area (Å²) < 4.78 is 13.6. The van der Waals surface area contributed by atoms with Gasteiger partial charge in [0.2, 0.25) is 5.91 Å². The molecule has 5 heteroatoms. The van der Waals surface area contributed by atoms with Gasteiger partial charge in [-0.3, -0.25) is 4.79 Å². The zero-order chi connectivity index (χ0) is 15.4.